The van der Waals surface area contributed by atoms with Gasteiger partial charge in [-0.05, 0) is 102 Å². The molecule has 3 saturated heterocycles. The molecule has 3 fully saturated rings. The van der Waals surface area contributed by atoms with Crippen molar-refractivity contribution in [3.8, 4) is 34.3 Å². The number of ketones is 1. The summed E-state index contributed by atoms with van der Waals surface area (Å²) in [6, 6.07) is 33.2. The molecule has 0 atom stereocenters. The molecule has 4 aromatic carbocycles. The summed E-state index contributed by atoms with van der Waals surface area (Å²) in [5, 5.41) is 32.7. The first kappa shape index (κ1) is 43.8. The van der Waals surface area contributed by atoms with E-state index in [1.54, 1.807) is 4.80 Å². The van der Waals surface area contributed by atoms with E-state index < -0.39 is 0 Å². The molecule has 0 unspecified atom stereocenters. The van der Waals surface area contributed by atoms with Crippen molar-refractivity contribution in [3.05, 3.63) is 131 Å². The highest BCUT2D eigenvalue weighted by molar-refractivity contribution is 5.87. The Morgan fingerprint density at radius 1 is 0.615 bits per heavy atom. The van der Waals surface area contributed by atoms with Gasteiger partial charge in [-0.2, -0.15) is 9.59 Å². The molecule has 15 nitrogen and oxygen atoms in total. The summed E-state index contributed by atoms with van der Waals surface area (Å²) < 4.78 is 18.4. The number of hydrogen-bond donors (Lipinski definition) is 2. The number of hydrogen-bond acceptors (Lipinski definition) is 13. The summed E-state index contributed by atoms with van der Waals surface area (Å²) in [6.07, 6.45) is 8.42. The van der Waals surface area contributed by atoms with Gasteiger partial charge in [-0.3, -0.25) is 9.69 Å². The number of para-hydroxylation sites is 2. The Labute approximate surface area is 379 Å². The maximum absolute atomic E-state index is 11.3. The third-order valence-corrected chi connectivity index (χ3v) is 12.5. The number of nitrogens with zero attached hydrogens (tertiary/aromatic N) is 9. The van der Waals surface area contributed by atoms with E-state index in [0.29, 0.717) is 11.6 Å². The van der Waals surface area contributed by atoms with E-state index in [4.69, 9.17) is 14.2 Å². The molecule has 65 heavy (non-hydrogen) atoms. The predicted octanol–water partition coefficient (Wildman–Crippen LogP) is 6.13. The molecule has 0 amide bonds. The topological polar surface area (TPSA) is 159 Å². The smallest absolute Gasteiger partial charge is 0.204 e. The van der Waals surface area contributed by atoms with Gasteiger partial charge in [0.05, 0.1) is 19.8 Å². The molecule has 2 spiro atoms. The lowest BCUT2D eigenvalue weighted by Crippen LogP contribution is -2.46. The minimum absolute atomic E-state index is 0. The molecule has 5 aliphatic heterocycles. The Kier molecular flexibility index (Phi) is 13.1. The highest BCUT2D eigenvalue weighted by Crippen LogP contribution is 2.44. The minimum Gasteiger partial charge on any atom is -0.482 e. The van der Waals surface area contributed by atoms with Gasteiger partial charge < -0.3 is 24.8 Å². The molecular weight excluding hydrogens is 819 g/mol. The molecule has 2 N–H and O–H groups in total. The van der Waals surface area contributed by atoms with Crippen molar-refractivity contribution in [1.29, 1.82) is 0 Å². The number of rotatable bonds is 9. The number of morpholine rings is 1. The van der Waals surface area contributed by atoms with Gasteiger partial charge in [0.25, 0.3) is 0 Å². The second-order valence-corrected chi connectivity index (χ2v) is 17.1. The van der Waals surface area contributed by atoms with E-state index in [1.807, 2.05) is 36.4 Å². The zero-order chi connectivity index (χ0) is 43.4. The first-order valence-electron chi connectivity index (χ1n) is 22.4. The summed E-state index contributed by atoms with van der Waals surface area (Å²) in [5.41, 5.74) is 8.13. The highest BCUT2D eigenvalue weighted by Gasteiger charge is 2.38. The zero-order valence-corrected chi connectivity index (χ0v) is 36.2. The molecule has 0 aliphatic carbocycles. The molecule has 336 valence electrons. The number of benzene rings is 4. The van der Waals surface area contributed by atoms with E-state index >= 15 is 0 Å². The molecule has 0 bridgehead atoms. The molecule has 11 rings (SSSR count). The fraction of sp³-hybridized carbons (Fsp3) is 0.380. The molecule has 0 radical (unpaired) electrons. The Balaban J connectivity index is 0.000000163. The van der Waals surface area contributed by atoms with Gasteiger partial charge in [0.2, 0.25) is 11.6 Å². The number of carbonyl (C=O) groups is 1. The molecule has 7 heterocycles. The van der Waals surface area contributed by atoms with Gasteiger partial charge >= 0.3 is 0 Å². The number of Topliss-reactive ketones (excluding diaryl/α,β-unsaturated/α-hetero) is 1. The van der Waals surface area contributed by atoms with Gasteiger partial charge in [-0.25, -0.2) is 0 Å². The van der Waals surface area contributed by atoms with Crippen molar-refractivity contribution in [2.75, 3.05) is 59.0 Å². The fourth-order valence-electron chi connectivity index (χ4n) is 9.19. The Bertz CT molecular complexity index is 2670. The quantitative estimate of drug-likeness (QED) is 0.171. The minimum atomic E-state index is -0.284. The van der Waals surface area contributed by atoms with Crippen LogP contribution in [-0.2, 0) is 22.6 Å². The van der Waals surface area contributed by atoms with E-state index in [0.717, 1.165) is 142 Å². The lowest BCUT2D eigenvalue weighted by Gasteiger charge is -2.40. The maximum Gasteiger partial charge on any atom is 0.204 e. The van der Waals surface area contributed by atoms with Crippen LogP contribution in [0.3, 0.4) is 0 Å². The lowest BCUT2D eigenvalue weighted by atomic mass is 9.83. The zero-order valence-electron chi connectivity index (χ0n) is 36.2. The van der Waals surface area contributed by atoms with Crippen molar-refractivity contribution < 1.29 is 19.0 Å². The summed E-state index contributed by atoms with van der Waals surface area (Å²) in [7, 11) is 0. The van der Waals surface area contributed by atoms with Crippen LogP contribution in [0.1, 0.15) is 62.3 Å². The van der Waals surface area contributed by atoms with Crippen molar-refractivity contribution in [1.82, 2.24) is 55.9 Å². The first-order chi connectivity index (χ1) is 31.4. The molecule has 2 aromatic heterocycles. The van der Waals surface area contributed by atoms with Crippen LogP contribution in [0.15, 0.2) is 109 Å². The van der Waals surface area contributed by atoms with Crippen LogP contribution in [0.5, 0.6) is 11.5 Å². The third kappa shape index (κ3) is 9.83. The van der Waals surface area contributed by atoms with Gasteiger partial charge in [0.1, 0.15) is 29.2 Å². The normalized spacial score (nSPS) is 18.4. The van der Waals surface area contributed by atoms with Gasteiger partial charge in [-0.1, -0.05) is 80.2 Å². The van der Waals surface area contributed by atoms with E-state index in [1.165, 1.54) is 17.3 Å². The summed E-state index contributed by atoms with van der Waals surface area (Å²) in [5.74, 6) is 3.04. The van der Waals surface area contributed by atoms with Crippen LogP contribution in [0.25, 0.3) is 33.9 Å². The van der Waals surface area contributed by atoms with E-state index in [9.17, 15) is 4.79 Å². The number of ether oxygens (including phenoxy) is 3. The van der Waals surface area contributed by atoms with E-state index in [-0.39, 0.29) is 31.0 Å². The number of piperidine rings is 2. The Morgan fingerprint density at radius 2 is 1.09 bits per heavy atom. The number of carbonyl (C=O) groups excluding carboxylic acids is 1. The number of tetrazole rings is 2. The Hall–Kier alpha value is -6.39. The van der Waals surface area contributed by atoms with Gasteiger partial charge in [0, 0.05) is 67.6 Å². The summed E-state index contributed by atoms with van der Waals surface area (Å²) in [4.78, 5) is 16.7. The van der Waals surface area contributed by atoms with Gasteiger partial charge in [-0.15, -0.1) is 20.4 Å². The lowest BCUT2D eigenvalue weighted by molar-refractivity contribution is -0.117. The SMILES string of the molecule is C.C1=C(c2cccc(-c3nnn(CCN4CCOCC4)n3)c2)c2ccccc2OC12CCNCC2.CC(=O)Cn1nnc(-c2cccc(C3=CC4(CCNCC4)Oc4ccccc43)c2)n1. The van der Waals surface area contributed by atoms with Crippen LogP contribution in [0.4, 0.5) is 0 Å². The molecule has 15 heteroatoms. The second-order valence-electron chi connectivity index (χ2n) is 17.1. The van der Waals surface area contributed by atoms with Crippen LogP contribution >= 0.6 is 0 Å². The predicted molar refractivity (Wildman–Crippen MR) is 249 cm³/mol. The van der Waals surface area contributed by atoms with Crippen molar-refractivity contribution in [2.24, 2.45) is 0 Å². The molecular formula is C50H57N11O4. The second kappa shape index (κ2) is 19.4. The van der Waals surface area contributed by atoms with Crippen molar-refractivity contribution in [3.63, 3.8) is 0 Å². The van der Waals surface area contributed by atoms with Crippen LogP contribution < -0.4 is 20.1 Å². The van der Waals surface area contributed by atoms with Crippen LogP contribution in [-0.4, -0.2) is 121 Å². The average molecular weight is 876 g/mol. The maximum atomic E-state index is 11.3. The monoisotopic (exact) mass is 875 g/mol. The van der Waals surface area contributed by atoms with Crippen molar-refractivity contribution in [2.45, 2.75) is 64.3 Å². The van der Waals surface area contributed by atoms with Gasteiger partial charge in [0.15, 0.2) is 5.78 Å². The number of aromatic nitrogens is 8. The highest BCUT2D eigenvalue weighted by atomic mass is 16.5. The summed E-state index contributed by atoms with van der Waals surface area (Å²) in [6.45, 7) is 10.6. The fourth-order valence-corrected chi connectivity index (χ4v) is 9.19. The van der Waals surface area contributed by atoms with Crippen LogP contribution in [0.2, 0.25) is 0 Å². The standard InChI is InChI=1S/C26H30N6O2.C23H23N5O2.CH4/c1-2-7-24-22(6-1)23(19-26(34-24)8-10-27-11-9-26)20-4-3-5-21(18-20)25-28-30-32(29-25)13-12-31-14-16-33-17-15-31;1-16(29)15-28-26-22(25-27-28)18-6-4-5-17(13-18)20-14-23(9-11-24-12-10-23)30-21-8-3-2-7-19(20)21;/h1-7,18-19,27H,8-17H2;2-8,13-14,24H,9-12,15H2,1H3;1H4. The van der Waals surface area contributed by atoms with E-state index in [2.05, 4.69) is 119 Å². The number of fused-ring (bicyclic) bond motifs is 2. The molecule has 0 saturated carbocycles. The largest absolute Gasteiger partial charge is 0.482 e. The summed E-state index contributed by atoms with van der Waals surface area (Å²) >= 11 is 0. The van der Waals surface area contributed by atoms with Crippen molar-refractivity contribution >= 4 is 16.9 Å². The number of nitrogens with one attached hydrogen (secondary N) is 2. The van der Waals surface area contributed by atoms with Crippen LogP contribution in [0, 0.1) is 0 Å². The molecule has 5 aliphatic rings. The first-order valence-corrected chi connectivity index (χ1v) is 22.4. The Morgan fingerprint density at radius 3 is 1.62 bits per heavy atom. The molecule has 6 aromatic rings. The average Bonchev–Trinajstić information content (AvgIpc) is 4.02. The third-order valence-electron chi connectivity index (χ3n) is 12.5.